The van der Waals surface area contributed by atoms with Crippen molar-refractivity contribution < 1.29 is 9.59 Å². The van der Waals surface area contributed by atoms with Crippen LogP contribution >= 0.6 is 0 Å². The molecular formula is C20H23N5O2. The molecule has 2 aliphatic rings. The van der Waals surface area contributed by atoms with Crippen LogP contribution in [0, 0.1) is 0 Å². The predicted octanol–water partition coefficient (Wildman–Crippen LogP) is 1.70. The van der Waals surface area contributed by atoms with Gasteiger partial charge in [0.25, 0.3) is 5.91 Å². The van der Waals surface area contributed by atoms with Crippen LogP contribution in [0.25, 0.3) is 11.4 Å². The van der Waals surface area contributed by atoms with E-state index in [2.05, 4.69) is 15.2 Å². The summed E-state index contributed by atoms with van der Waals surface area (Å²) in [5, 5.41) is 3.00. The van der Waals surface area contributed by atoms with Gasteiger partial charge in [0.05, 0.1) is 0 Å². The lowest BCUT2D eigenvalue weighted by molar-refractivity contribution is -0.129. The van der Waals surface area contributed by atoms with Gasteiger partial charge in [-0.3, -0.25) is 9.59 Å². The maximum Gasteiger partial charge on any atom is 0.270 e. The van der Waals surface area contributed by atoms with E-state index in [0.29, 0.717) is 37.7 Å². The first-order valence-electron chi connectivity index (χ1n) is 9.36. The van der Waals surface area contributed by atoms with E-state index in [1.54, 1.807) is 13.0 Å². The van der Waals surface area contributed by atoms with Gasteiger partial charge in [-0.25, -0.2) is 9.97 Å². The average Bonchev–Trinajstić information content (AvgIpc) is 3.52. The minimum absolute atomic E-state index is 0.0896. The topological polar surface area (TPSA) is 78.4 Å². The number of hydrogen-bond acceptors (Lipinski definition) is 5. The molecule has 1 N–H and O–H groups in total. The molecule has 1 aliphatic carbocycles. The first kappa shape index (κ1) is 17.5. The maximum absolute atomic E-state index is 12.6. The molecule has 0 bridgehead atoms. The van der Waals surface area contributed by atoms with Gasteiger partial charge in [0, 0.05) is 50.8 Å². The van der Waals surface area contributed by atoms with Crippen molar-refractivity contribution in [2.45, 2.75) is 25.8 Å². The van der Waals surface area contributed by atoms with Gasteiger partial charge >= 0.3 is 0 Å². The van der Waals surface area contributed by atoms with Crippen LogP contribution in [0.1, 0.15) is 30.3 Å². The monoisotopic (exact) mass is 365 g/mol. The van der Waals surface area contributed by atoms with Gasteiger partial charge in [-0.1, -0.05) is 30.3 Å². The first-order chi connectivity index (χ1) is 13.1. The number of hydrogen-bond donors (Lipinski definition) is 1. The maximum atomic E-state index is 12.6. The summed E-state index contributed by atoms with van der Waals surface area (Å²) in [4.78, 5) is 37.3. The highest BCUT2D eigenvalue weighted by atomic mass is 16.2. The van der Waals surface area contributed by atoms with Crippen molar-refractivity contribution in [3.63, 3.8) is 0 Å². The third-order valence-electron chi connectivity index (χ3n) is 4.94. The van der Waals surface area contributed by atoms with Crippen molar-refractivity contribution in [2.75, 3.05) is 31.1 Å². The Kier molecular flexibility index (Phi) is 4.75. The van der Waals surface area contributed by atoms with Gasteiger partial charge in [-0.05, 0) is 12.8 Å². The number of carbonyl (C=O) groups excluding carboxylic acids is 2. The highest BCUT2D eigenvalue weighted by Gasteiger charge is 2.26. The Morgan fingerprint density at radius 3 is 2.37 bits per heavy atom. The highest BCUT2D eigenvalue weighted by molar-refractivity contribution is 5.94. The molecule has 0 atom stereocenters. The second kappa shape index (κ2) is 7.34. The third kappa shape index (κ3) is 4.07. The molecular weight excluding hydrogens is 342 g/mol. The molecule has 0 radical (unpaired) electrons. The SMILES string of the molecule is CC(=O)N1CCN(c2cc(C(=O)NC3CC3)nc(-c3ccccc3)n2)CC1. The zero-order valence-corrected chi connectivity index (χ0v) is 15.4. The van der Waals surface area contributed by atoms with E-state index in [4.69, 9.17) is 4.98 Å². The van der Waals surface area contributed by atoms with Crippen molar-refractivity contribution in [1.82, 2.24) is 20.2 Å². The summed E-state index contributed by atoms with van der Waals surface area (Å²) < 4.78 is 0. The normalized spacial score (nSPS) is 16.9. The summed E-state index contributed by atoms with van der Waals surface area (Å²) in [5.41, 5.74) is 1.27. The van der Waals surface area contributed by atoms with E-state index in [1.807, 2.05) is 35.2 Å². The van der Waals surface area contributed by atoms with Gasteiger partial charge in [0.15, 0.2) is 5.82 Å². The third-order valence-corrected chi connectivity index (χ3v) is 4.94. The Labute approximate surface area is 158 Å². The number of aromatic nitrogens is 2. The molecule has 1 saturated heterocycles. The largest absolute Gasteiger partial charge is 0.353 e. The average molecular weight is 365 g/mol. The van der Waals surface area contributed by atoms with Crippen molar-refractivity contribution in [2.24, 2.45) is 0 Å². The minimum atomic E-state index is -0.152. The molecule has 1 saturated carbocycles. The second-order valence-corrected chi connectivity index (χ2v) is 7.04. The lowest BCUT2D eigenvalue weighted by atomic mass is 10.2. The Bertz CT molecular complexity index is 843. The number of nitrogens with one attached hydrogen (secondary N) is 1. The Hall–Kier alpha value is -2.96. The number of amides is 2. The number of carbonyl (C=O) groups is 2. The van der Waals surface area contributed by atoms with Crippen LogP contribution in [0.15, 0.2) is 36.4 Å². The van der Waals surface area contributed by atoms with Crippen LogP contribution in [-0.2, 0) is 4.79 Å². The summed E-state index contributed by atoms with van der Waals surface area (Å²) in [6.07, 6.45) is 2.06. The molecule has 1 aliphatic heterocycles. The van der Waals surface area contributed by atoms with Crippen molar-refractivity contribution in [1.29, 1.82) is 0 Å². The summed E-state index contributed by atoms with van der Waals surface area (Å²) in [7, 11) is 0. The fraction of sp³-hybridized carbons (Fsp3) is 0.400. The number of piperazine rings is 1. The zero-order chi connectivity index (χ0) is 18.8. The minimum Gasteiger partial charge on any atom is -0.353 e. The van der Waals surface area contributed by atoms with E-state index >= 15 is 0 Å². The van der Waals surface area contributed by atoms with Gasteiger partial charge in [0.2, 0.25) is 5.91 Å². The van der Waals surface area contributed by atoms with Crippen LogP contribution < -0.4 is 10.2 Å². The smallest absolute Gasteiger partial charge is 0.270 e. The zero-order valence-electron chi connectivity index (χ0n) is 15.4. The second-order valence-electron chi connectivity index (χ2n) is 7.04. The van der Waals surface area contributed by atoms with E-state index in [9.17, 15) is 9.59 Å². The van der Waals surface area contributed by atoms with E-state index in [-0.39, 0.29) is 17.9 Å². The van der Waals surface area contributed by atoms with E-state index in [0.717, 1.165) is 24.2 Å². The van der Waals surface area contributed by atoms with Gasteiger partial charge in [0.1, 0.15) is 11.5 Å². The highest BCUT2D eigenvalue weighted by Crippen LogP contribution is 2.23. The van der Waals surface area contributed by atoms with Gasteiger partial charge < -0.3 is 15.1 Å². The van der Waals surface area contributed by atoms with Gasteiger partial charge in [-0.15, -0.1) is 0 Å². The van der Waals surface area contributed by atoms with Crippen LogP contribution in [0.4, 0.5) is 5.82 Å². The lowest BCUT2D eigenvalue weighted by Crippen LogP contribution is -2.48. The molecule has 4 rings (SSSR count). The molecule has 2 aromatic rings. The standard InChI is InChI=1S/C20H23N5O2/c1-14(26)24-9-11-25(12-10-24)18-13-17(20(27)21-16-7-8-16)22-19(23-18)15-5-3-2-4-6-15/h2-6,13,16H,7-12H2,1H3,(H,21,27). The summed E-state index contributed by atoms with van der Waals surface area (Å²) in [6.45, 7) is 4.28. The molecule has 1 aromatic heterocycles. The fourth-order valence-corrected chi connectivity index (χ4v) is 3.17. The molecule has 140 valence electrons. The lowest BCUT2D eigenvalue weighted by Gasteiger charge is -2.35. The summed E-state index contributed by atoms with van der Waals surface area (Å²) in [6, 6.07) is 11.7. The van der Waals surface area contributed by atoms with Crippen LogP contribution in [0.2, 0.25) is 0 Å². The molecule has 2 fully saturated rings. The molecule has 0 unspecified atom stereocenters. The number of rotatable bonds is 4. The van der Waals surface area contributed by atoms with Crippen molar-refractivity contribution in [3.05, 3.63) is 42.1 Å². The predicted molar refractivity (Wildman–Crippen MR) is 102 cm³/mol. The van der Waals surface area contributed by atoms with Crippen LogP contribution in [-0.4, -0.2) is 58.9 Å². The van der Waals surface area contributed by atoms with E-state index < -0.39 is 0 Å². The summed E-state index contributed by atoms with van der Waals surface area (Å²) >= 11 is 0. The quantitative estimate of drug-likeness (QED) is 0.892. The summed E-state index contributed by atoms with van der Waals surface area (Å²) in [5.74, 6) is 1.21. The molecule has 2 heterocycles. The molecule has 1 aromatic carbocycles. The molecule has 7 nitrogen and oxygen atoms in total. The number of anilines is 1. The number of benzene rings is 1. The van der Waals surface area contributed by atoms with Crippen LogP contribution in [0.3, 0.4) is 0 Å². The van der Waals surface area contributed by atoms with Crippen molar-refractivity contribution >= 4 is 17.6 Å². The Morgan fingerprint density at radius 2 is 1.74 bits per heavy atom. The van der Waals surface area contributed by atoms with Crippen LogP contribution in [0.5, 0.6) is 0 Å². The van der Waals surface area contributed by atoms with Crippen molar-refractivity contribution in [3.8, 4) is 11.4 Å². The molecule has 27 heavy (non-hydrogen) atoms. The van der Waals surface area contributed by atoms with E-state index in [1.165, 1.54) is 0 Å². The fourth-order valence-electron chi connectivity index (χ4n) is 3.17. The number of nitrogens with zero attached hydrogens (tertiary/aromatic N) is 4. The van der Waals surface area contributed by atoms with Gasteiger partial charge in [-0.2, -0.15) is 0 Å². The molecule has 7 heteroatoms. The first-order valence-corrected chi connectivity index (χ1v) is 9.36. The molecule has 2 amide bonds. The molecule has 0 spiro atoms. The Morgan fingerprint density at radius 1 is 1.04 bits per heavy atom. The Balaban J connectivity index is 1.63.